The van der Waals surface area contributed by atoms with Gasteiger partial charge < -0.3 is 16.0 Å². The van der Waals surface area contributed by atoms with E-state index in [0.29, 0.717) is 23.2 Å². The summed E-state index contributed by atoms with van der Waals surface area (Å²) in [6.45, 7) is 3.09. The topological polar surface area (TPSA) is 112 Å². The number of hydrogen-bond donors (Lipinski definition) is 4. The number of carbonyl (C=O) groups excluding carboxylic acids is 2. The van der Waals surface area contributed by atoms with Crippen molar-refractivity contribution in [2.45, 2.75) is 38.6 Å². The van der Waals surface area contributed by atoms with Gasteiger partial charge in [-0.3, -0.25) is 10.1 Å². The highest BCUT2D eigenvalue weighted by Gasteiger charge is 2.29. The minimum absolute atomic E-state index is 0.193. The number of aromatic nitrogens is 3. The lowest BCUT2D eigenvalue weighted by Crippen LogP contribution is -2.22. The first-order chi connectivity index (χ1) is 13.6. The molecule has 5 rings (SSSR count). The molecule has 3 heterocycles. The number of carbonyl (C=O) groups is 2. The largest absolute Gasteiger partial charge is 0.370 e. The molecule has 1 unspecified atom stereocenters. The van der Waals surface area contributed by atoms with Crippen LogP contribution in [-0.2, 0) is 4.79 Å². The Bertz CT molecular complexity index is 988. The fourth-order valence-electron chi connectivity index (χ4n) is 3.44. The maximum absolute atomic E-state index is 11.9. The molecule has 1 atom stereocenters. The van der Waals surface area contributed by atoms with Gasteiger partial charge in [-0.25, -0.2) is 9.78 Å². The first-order valence-corrected chi connectivity index (χ1v) is 9.80. The van der Waals surface area contributed by atoms with Crippen LogP contribution in [0.1, 0.15) is 38.2 Å². The maximum Gasteiger partial charge on any atom is 0.326 e. The van der Waals surface area contributed by atoms with Gasteiger partial charge in [-0.2, -0.15) is 9.61 Å². The van der Waals surface area contributed by atoms with Crippen LogP contribution in [0.15, 0.2) is 18.0 Å². The van der Waals surface area contributed by atoms with Crippen molar-refractivity contribution < 1.29 is 9.59 Å². The van der Waals surface area contributed by atoms with Crippen LogP contribution in [0.5, 0.6) is 0 Å². The highest BCUT2D eigenvalue weighted by Crippen LogP contribution is 2.34. The molecule has 3 amide bonds. The van der Waals surface area contributed by atoms with Crippen molar-refractivity contribution in [2.75, 3.05) is 17.2 Å². The number of hydrogen-bond acceptors (Lipinski definition) is 6. The van der Waals surface area contributed by atoms with E-state index in [9.17, 15) is 9.59 Å². The Balaban J connectivity index is 1.51. The van der Waals surface area contributed by atoms with Gasteiger partial charge in [0.05, 0.1) is 6.20 Å². The van der Waals surface area contributed by atoms with Crippen LogP contribution in [-0.4, -0.2) is 39.1 Å². The van der Waals surface area contributed by atoms with Crippen LogP contribution < -0.4 is 21.3 Å². The van der Waals surface area contributed by atoms with E-state index in [1.165, 1.54) is 25.7 Å². The summed E-state index contributed by atoms with van der Waals surface area (Å²) in [5.41, 5.74) is 1.50. The fourth-order valence-corrected chi connectivity index (χ4v) is 3.44. The first kappa shape index (κ1) is 17.0. The lowest BCUT2D eigenvalue weighted by atomic mass is 10.2. The molecule has 146 valence electrons. The third kappa shape index (κ3) is 3.39. The molecule has 0 bridgehead atoms. The molecule has 2 aromatic heterocycles. The maximum atomic E-state index is 11.9. The predicted molar refractivity (Wildman–Crippen MR) is 105 cm³/mol. The second-order valence-electron chi connectivity index (χ2n) is 7.92. The van der Waals surface area contributed by atoms with E-state index in [4.69, 9.17) is 4.98 Å². The Hall–Kier alpha value is -3.10. The van der Waals surface area contributed by atoms with Crippen molar-refractivity contribution in [3.05, 3.63) is 23.5 Å². The number of imide groups is 1. The van der Waals surface area contributed by atoms with Gasteiger partial charge in [0.2, 0.25) is 0 Å². The molecular formula is C19H23N7O2. The second kappa shape index (κ2) is 6.50. The zero-order valence-corrected chi connectivity index (χ0v) is 15.7. The van der Waals surface area contributed by atoms with E-state index in [0.717, 1.165) is 24.1 Å². The summed E-state index contributed by atoms with van der Waals surface area (Å²) in [7, 11) is 0. The highest BCUT2D eigenvalue weighted by molar-refractivity contribution is 6.14. The summed E-state index contributed by atoms with van der Waals surface area (Å²) < 4.78 is 1.75. The van der Waals surface area contributed by atoms with Crippen molar-refractivity contribution in [3.63, 3.8) is 0 Å². The van der Waals surface area contributed by atoms with Crippen LogP contribution in [0.2, 0.25) is 0 Å². The third-order valence-electron chi connectivity index (χ3n) is 5.49. The quantitative estimate of drug-likeness (QED) is 0.431. The first-order valence-electron chi connectivity index (χ1n) is 9.80. The van der Waals surface area contributed by atoms with E-state index in [1.54, 1.807) is 16.8 Å². The fraction of sp³-hybridized carbons (Fsp3) is 0.474. The normalized spacial score (nSPS) is 21.7. The number of amides is 3. The molecule has 2 saturated carbocycles. The van der Waals surface area contributed by atoms with E-state index >= 15 is 0 Å². The van der Waals surface area contributed by atoms with E-state index in [-0.39, 0.29) is 5.70 Å². The van der Waals surface area contributed by atoms with Crippen molar-refractivity contribution in [1.29, 1.82) is 0 Å². The smallest absolute Gasteiger partial charge is 0.326 e. The van der Waals surface area contributed by atoms with Gasteiger partial charge in [0.25, 0.3) is 5.91 Å². The minimum atomic E-state index is -0.520. The van der Waals surface area contributed by atoms with Crippen molar-refractivity contribution >= 4 is 35.3 Å². The molecule has 9 heteroatoms. The number of anilines is 2. The lowest BCUT2D eigenvalue weighted by Gasteiger charge is -2.16. The average Bonchev–Trinajstić information content (AvgIpc) is 3.57. The van der Waals surface area contributed by atoms with Crippen LogP contribution >= 0.6 is 0 Å². The number of rotatable bonds is 7. The molecule has 28 heavy (non-hydrogen) atoms. The molecule has 1 aliphatic heterocycles. The third-order valence-corrected chi connectivity index (χ3v) is 5.49. The van der Waals surface area contributed by atoms with Gasteiger partial charge in [0.15, 0.2) is 5.65 Å². The molecular weight excluding hydrogens is 358 g/mol. The highest BCUT2D eigenvalue weighted by atomic mass is 16.2. The van der Waals surface area contributed by atoms with Gasteiger partial charge >= 0.3 is 6.03 Å². The Morgan fingerprint density at radius 2 is 2.11 bits per heavy atom. The van der Waals surface area contributed by atoms with Gasteiger partial charge in [-0.1, -0.05) is 0 Å². The van der Waals surface area contributed by atoms with Crippen LogP contribution in [0, 0.1) is 11.8 Å². The zero-order valence-electron chi connectivity index (χ0n) is 15.7. The van der Waals surface area contributed by atoms with E-state index in [1.807, 2.05) is 6.07 Å². The molecule has 2 aromatic rings. The summed E-state index contributed by atoms with van der Waals surface area (Å²) in [6.07, 6.45) is 8.29. The van der Waals surface area contributed by atoms with E-state index in [2.05, 4.69) is 33.3 Å². The van der Waals surface area contributed by atoms with Crippen LogP contribution in [0.4, 0.5) is 16.4 Å². The summed E-state index contributed by atoms with van der Waals surface area (Å²) in [4.78, 5) is 28.0. The molecule has 3 fully saturated rings. The lowest BCUT2D eigenvalue weighted by molar-refractivity contribution is -0.115. The Kier molecular flexibility index (Phi) is 3.96. The van der Waals surface area contributed by atoms with Gasteiger partial charge in [-0.15, -0.1) is 0 Å². The number of nitrogens with zero attached hydrogens (tertiary/aromatic N) is 3. The molecule has 0 radical (unpaired) electrons. The Morgan fingerprint density at radius 1 is 1.29 bits per heavy atom. The standard InChI is InChI=1S/C19H23N7O2/c1-10(12-4-5-12)22-15-7-16(20-8-11-2-3-11)26-17(24-15)13(9-21-26)6-14-18(27)25-19(28)23-14/h6-7,9-12,20H,2-5,8H2,1H3,(H,22,24)(H2,23,25,27,28)/b14-6-. The summed E-state index contributed by atoms with van der Waals surface area (Å²) in [5, 5.41) is 16.1. The summed E-state index contributed by atoms with van der Waals surface area (Å²) in [6, 6.07) is 1.83. The molecule has 9 nitrogen and oxygen atoms in total. The number of urea groups is 1. The van der Waals surface area contributed by atoms with Crippen LogP contribution in [0.3, 0.4) is 0 Å². The summed E-state index contributed by atoms with van der Waals surface area (Å²) in [5.74, 6) is 2.62. The SMILES string of the molecule is CC(Nc1cc(NCC2CC2)n2ncc(/C=C3\NC(=O)NC3=O)c2n1)C1CC1. The van der Waals surface area contributed by atoms with Gasteiger partial charge in [-0.05, 0) is 50.5 Å². The van der Waals surface area contributed by atoms with Gasteiger partial charge in [0, 0.05) is 24.2 Å². The summed E-state index contributed by atoms with van der Waals surface area (Å²) >= 11 is 0. The Morgan fingerprint density at radius 3 is 2.79 bits per heavy atom. The monoisotopic (exact) mass is 381 g/mol. The molecule has 0 spiro atoms. The second-order valence-corrected chi connectivity index (χ2v) is 7.92. The van der Waals surface area contributed by atoms with Crippen molar-refractivity contribution in [1.82, 2.24) is 25.2 Å². The van der Waals surface area contributed by atoms with Crippen molar-refractivity contribution in [3.8, 4) is 0 Å². The molecule has 0 aromatic carbocycles. The van der Waals surface area contributed by atoms with Crippen LogP contribution in [0.25, 0.3) is 11.7 Å². The molecule has 1 saturated heterocycles. The van der Waals surface area contributed by atoms with E-state index < -0.39 is 11.9 Å². The predicted octanol–water partition coefficient (Wildman–Crippen LogP) is 1.94. The minimum Gasteiger partial charge on any atom is -0.370 e. The molecule has 2 aliphatic carbocycles. The number of nitrogens with one attached hydrogen (secondary N) is 4. The zero-order chi connectivity index (χ0) is 19.3. The number of fused-ring (bicyclic) bond motifs is 1. The molecule has 3 aliphatic rings. The van der Waals surface area contributed by atoms with Crippen molar-refractivity contribution in [2.24, 2.45) is 11.8 Å². The average molecular weight is 381 g/mol. The van der Waals surface area contributed by atoms with Gasteiger partial charge in [0.1, 0.15) is 17.3 Å². The Labute approximate surface area is 162 Å². The molecule has 4 N–H and O–H groups in total.